The molecule has 1 aliphatic rings. The molecule has 0 bridgehead atoms. The van der Waals surface area contributed by atoms with Crippen LogP contribution >= 0.6 is 15.9 Å². The number of cyclic esters (lactones) is 1. The number of hydrogen-bond acceptors (Lipinski definition) is 3. The number of ether oxygens (including phenoxy) is 1. The summed E-state index contributed by atoms with van der Waals surface area (Å²) in [4.78, 5) is 13.2. The highest BCUT2D eigenvalue weighted by Gasteiger charge is 2.31. The summed E-state index contributed by atoms with van der Waals surface area (Å²) in [5, 5.41) is 0. The molecule has 5 heteroatoms. The predicted molar refractivity (Wildman–Crippen MR) is 65.5 cm³/mol. The van der Waals surface area contributed by atoms with Crippen LogP contribution in [0.15, 0.2) is 22.7 Å². The molecule has 86 valence electrons. The SMILES string of the molecule is Cc1ccc(N2CC(CN)OC2=O)cc1Br. The van der Waals surface area contributed by atoms with E-state index < -0.39 is 0 Å². The average Bonchev–Trinajstić information content (AvgIpc) is 2.64. The topological polar surface area (TPSA) is 55.6 Å². The van der Waals surface area contributed by atoms with Gasteiger partial charge < -0.3 is 10.5 Å². The Morgan fingerprint density at radius 2 is 2.38 bits per heavy atom. The molecule has 1 aromatic carbocycles. The Labute approximate surface area is 102 Å². The molecule has 0 aliphatic carbocycles. The standard InChI is InChI=1S/C11H13BrN2O2/c1-7-2-3-8(4-10(7)12)14-6-9(5-13)16-11(14)15/h2-4,9H,5-6,13H2,1H3. The number of amides is 1. The Hall–Kier alpha value is -1.07. The average molecular weight is 285 g/mol. The fourth-order valence-corrected chi connectivity index (χ4v) is 1.97. The van der Waals surface area contributed by atoms with E-state index in [9.17, 15) is 4.79 Å². The van der Waals surface area contributed by atoms with Gasteiger partial charge in [0.05, 0.1) is 6.54 Å². The van der Waals surface area contributed by atoms with Crippen molar-refractivity contribution in [3.05, 3.63) is 28.2 Å². The normalized spacial score (nSPS) is 20.1. The van der Waals surface area contributed by atoms with Crippen molar-refractivity contribution in [2.45, 2.75) is 13.0 Å². The van der Waals surface area contributed by atoms with Crippen LogP contribution in [0.1, 0.15) is 5.56 Å². The van der Waals surface area contributed by atoms with Crippen molar-refractivity contribution in [3.63, 3.8) is 0 Å². The lowest BCUT2D eigenvalue weighted by Crippen LogP contribution is -2.27. The molecule has 1 saturated heterocycles. The first-order valence-electron chi connectivity index (χ1n) is 5.06. The summed E-state index contributed by atoms with van der Waals surface area (Å²) in [7, 11) is 0. The quantitative estimate of drug-likeness (QED) is 0.904. The van der Waals surface area contributed by atoms with Crippen LogP contribution in [0, 0.1) is 6.92 Å². The number of carbonyl (C=O) groups excluding carboxylic acids is 1. The van der Waals surface area contributed by atoms with E-state index in [1.54, 1.807) is 4.90 Å². The third-order valence-corrected chi connectivity index (χ3v) is 3.46. The van der Waals surface area contributed by atoms with E-state index in [1.807, 2.05) is 25.1 Å². The van der Waals surface area contributed by atoms with Gasteiger partial charge in [-0.1, -0.05) is 22.0 Å². The number of nitrogens with two attached hydrogens (primary N) is 1. The highest BCUT2D eigenvalue weighted by atomic mass is 79.9. The predicted octanol–water partition coefficient (Wildman–Crippen LogP) is 2.04. The molecule has 2 N–H and O–H groups in total. The maximum Gasteiger partial charge on any atom is 0.414 e. The van der Waals surface area contributed by atoms with Crippen molar-refractivity contribution in [1.82, 2.24) is 0 Å². The Bertz CT molecular complexity index is 422. The van der Waals surface area contributed by atoms with Crippen LogP contribution < -0.4 is 10.6 Å². The molecular weight excluding hydrogens is 272 g/mol. The molecule has 1 heterocycles. The first-order valence-corrected chi connectivity index (χ1v) is 5.85. The number of nitrogens with zero attached hydrogens (tertiary/aromatic N) is 1. The molecule has 1 amide bonds. The third-order valence-electron chi connectivity index (χ3n) is 2.60. The van der Waals surface area contributed by atoms with E-state index >= 15 is 0 Å². The highest BCUT2D eigenvalue weighted by molar-refractivity contribution is 9.10. The zero-order valence-electron chi connectivity index (χ0n) is 8.94. The van der Waals surface area contributed by atoms with Gasteiger partial charge >= 0.3 is 6.09 Å². The molecule has 1 fully saturated rings. The van der Waals surface area contributed by atoms with Gasteiger partial charge in [-0.05, 0) is 24.6 Å². The number of hydrogen-bond donors (Lipinski definition) is 1. The Kier molecular flexibility index (Phi) is 3.16. The second-order valence-electron chi connectivity index (χ2n) is 3.79. The maximum absolute atomic E-state index is 11.6. The van der Waals surface area contributed by atoms with Gasteiger partial charge in [-0.2, -0.15) is 0 Å². The van der Waals surface area contributed by atoms with Gasteiger partial charge in [0, 0.05) is 16.7 Å². The number of anilines is 1. The summed E-state index contributed by atoms with van der Waals surface area (Å²) >= 11 is 3.44. The maximum atomic E-state index is 11.6. The molecule has 0 aromatic heterocycles. The van der Waals surface area contributed by atoms with Crippen LogP contribution in [0.25, 0.3) is 0 Å². The molecule has 0 saturated carbocycles. The van der Waals surface area contributed by atoms with Gasteiger partial charge in [0.25, 0.3) is 0 Å². The molecule has 4 nitrogen and oxygen atoms in total. The molecule has 1 unspecified atom stereocenters. The van der Waals surface area contributed by atoms with Crippen LogP contribution in [0.4, 0.5) is 10.5 Å². The van der Waals surface area contributed by atoms with Gasteiger partial charge in [0.1, 0.15) is 6.10 Å². The van der Waals surface area contributed by atoms with Crippen LogP contribution in [0.3, 0.4) is 0 Å². The second kappa shape index (κ2) is 4.43. The monoisotopic (exact) mass is 284 g/mol. The lowest BCUT2D eigenvalue weighted by atomic mass is 10.2. The van der Waals surface area contributed by atoms with Crippen LogP contribution in [-0.4, -0.2) is 25.3 Å². The van der Waals surface area contributed by atoms with E-state index in [-0.39, 0.29) is 12.2 Å². The summed E-state index contributed by atoms with van der Waals surface area (Å²) in [5.41, 5.74) is 7.44. The zero-order chi connectivity index (χ0) is 11.7. The Balaban J connectivity index is 2.24. The number of rotatable bonds is 2. The van der Waals surface area contributed by atoms with Crippen molar-refractivity contribution in [2.24, 2.45) is 5.73 Å². The van der Waals surface area contributed by atoms with Crippen molar-refractivity contribution in [1.29, 1.82) is 0 Å². The lowest BCUT2D eigenvalue weighted by Gasteiger charge is -2.13. The number of carbonyl (C=O) groups is 1. The largest absolute Gasteiger partial charge is 0.443 e. The van der Waals surface area contributed by atoms with E-state index in [0.717, 1.165) is 15.7 Å². The van der Waals surface area contributed by atoms with Crippen molar-refractivity contribution in [3.8, 4) is 0 Å². The fraction of sp³-hybridized carbons (Fsp3) is 0.364. The van der Waals surface area contributed by atoms with E-state index in [1.165, 1.54) is 0 Å². The van der Waals surface area contributed by atoms with Gasteiger partial charge in [0.2, 0.25) is 0 Å². The minimum absolute atomic E-state index is 0.201. The number of aryl methyl sites for hydroxylation is 1. The van der Waals surface area contributed by atoms with Gasteiger partial charge in [-0.15, -0.1) is 0 Å². The zero-order valence-corrected chi connectivity index (χ0v) is 10.5. The molecule has 16 heavy (non-hydrogen) atoms. The van der Waals surface area contributed by atoms with Crippen molar-refractivity contribution >= 4 is 27.7 Å². The minimum atomic E-state index is -0.328. The molecule has 0 radical (unpaired) electrons. The van der Waals surface area contributed by atoms with Crippen LogP contribution in [0.5, 0.6) is 0 Å². The second-order valence-corrected chi connectivity index (χ2v) is 4.64. The molecule has 1 aromatic rings. The summed E-state index contributed by atoms with van der Waals surface area (Å²) in [6.45, 7) is 2.87. The van der Waals surface area contributed by atoms with Gasteiger partial charge in [0.15, 0.2) is 0 Å². The molecule has 2 rings (SSSR count). The van der Waals surface area contributed by atoms with Crippen molar-refractivity contribution < 1.29 is 9.53 Å². The summed E-state index contributed by atoms with van der Waals surface area (Å²) in [6.07, 6.45) is -0.529. The summed E-state index contributed by atoms with van der Waals surface area (Å²) in [6, 6.07) is 5.78. The lowest BCUT2D eigenvalue weighted by molar-refractivity contribution is 0.145. The molecular formula is C11H13BrN2O2. The molecule has 1 aliphatic heterocycles. The van der Waals surface area contributed by atoms with Gasteiger partial charge in [-0.25, -0.2) is 4.79 Å². The Morgan fingerprint density at radius 1 is 1.62 bits per heavy atom. The van der Waals surface area contributed by atoms with E-state index in [0.29, 0.717) is 13.1 Å². The van der Waals surface area contributed by atoms with E-state index in [2.05, 4.69) is 15.9 Å². The molecule has 1 atom stereocenters. The fourth-order valence-electron chi connectivity index (χ4n) is 1.60. The van der Waals surface area contributed by atoms with Gasteiger partial charge in [-0.3, -0.25) is 4.90 Å². The third kappa shape index (κ3) is 2.05. The van der Waals surface area contributed by atoms with Crippen molar-refractivity contribution in [2.75, 3.05) is 18.0 Å². The first kappa shape index (κ1) is 11.4. The number of halogens is 1. The minimum Gasteiger partial charge on any atom is -0.443 e. The summed E-state index contributed by atoms with van der Waals surface area (Å²) < 4.78 is 6.07. The smallest absolute Gasteiger partial charge is 0.414 e. The van der Waals surface area contributed by atoms with Crippen LogP contribution in [0.2, 0.25) is 0 Å². The summed E-state index contributed by atoms with van der Waals surface area (Å²) in [5.74, 6) is 0. The first-order chi connectivity index (χ1) is 7.61. The number of benzene rings is 1. The van der Waals surface area contributed by atoms with Crippen LogP contribution in [-0.2, 0) is 4.74 Å². The molecule has 0 spiro atoms. The van der Waals surface area contributed by atoms with E-state index in [4.69, 9.17) is 10.5 Å². The Morgan fingerprint density at radius 3 is 2.94 bits per heavy atom. The highest BCUT2D eigenvalue weighted by Crippen LogP contribution is 2.26.